The maximum absolute atomic E-state index is 12.3. The molecule has 118 valence electrons. The summed E-state index contributed by atoms with van der Waals surface area (Å²) in [6.45, 7) is 2.20. The minimum absolute atomic E-state index is 0.150. The molecule has 0 atom stereocenters. The summed E-state index contributed by atoms with van der Waals surface area (Å²) in [5.74, 6) is -0.150. The van der Waals surface area contributed by atoms with Gasteiger partial charge in [0, 0.05) is 4.47 Å². The SMILES string of the molecule is CCCCc1ccc2nc(NC(=O)c3ccccc3Br)sc2c1. The lowest BCUT2D eigenvalue weighted by Gasteiger charge is -2.03. The van der Waals surface area contributed by atoms with Gasteiger partial charge in [-0.15, -0.1) is 0 Å². The van der Waals surface area contributed by atoms with E-state index < -0.39 is 0 Å². The molecule has 0 fully saturated rings. The van der Waals surface area contributed by atoms with Crippen LogP contribution >= 0.6 is 27.3 Å². The number of benzene rings is 2. The van der Waals surface area contributed by atoms with Crippen LogP contribution in [-0.2, 0) is 6.42 Å². The molecule has 0 aliphatic carbocycles. The molecule has 0 radical (unpaired) electrons. The summed E-state index contributed by atoms with van der Waals surface area (Å²) in [5.41, 5.74) is 2.86. The number of aromatic nitrogens is 1. The first-order valence-corrected chi connectivity index (χ1v) is 9.23. The minimum Gasteiger partial charge on any atom is -0.298 e. The highest BCUT2D eigenvalue weighted by atomic mass is 79.9. The minimum atomic E-state index is -0.150. The molecule has 0 bridgehead atoms. The second-order valence-corrected chi connectivity index (χ2v) is 7.24. The Hall–Kier alpha value is -1.72. The molecule has 1 aromatic heterocycles. The number of nitrogens with one attached hydrogen (secondary N) is 1. The average molecular weight is 389 g/mol. The van der Waals surface area contributed by atoms with Gasteiger partial charge in [0.25, 0.3) is 5.91 Å². The van der Waals surface area contributed by atoms with Crippen LogP contribution < -0.4 is 5.32 Å². The van der Waals surface area contributed by atoms with Crippen molar-refractivity contribution in [1.82, 2.24) is 4.98 Å². The third-order valence-electron chi connectivity index (χ3n) is 3.61. The van der Waals surface area contributed by atoms with Gasteiger partial charge in [-0.2, -0.15) is 0 Å². The van der Waals surface area contributed by atoms with Crippen LogP contribution in [0, 0.1) is 0 Å². The summed E-state index contributed by atoms with van der Waals surface area (Å²) in [6.07, 6.45) is 3.47. The largest absolute Gasteiger partial charge is 0.298 e. The molecule has 3 nitrogen and oxygen atoms in total. The molecule has 5 heteroatoms. The fourth-order valence-electron chi connectivity index (χ4n) is 2.37. The van der Waals surface area contributed by atoms with Crippen molar-refractivity contribution in [3.63, 3.8) is 0 Å². The number of carbonyl (C=O) groups excluding carboxylic acids is 1. The van der Waals surface area contributed by atoms with Gasteiger partial charge in [0.05, 0.1) is 15.8 Å². The molecule has 0 aliphatic rings. The van der Waals surface area contributed by atoms with E-state index in [4.69, 9.17) is 0 Å². The normalized spacial score (nSPS) is 10.9. The summed E-state index contributed by atoms with van der Waals surface area (Å²) in [5, 5.41) is 3.52. The number of unbranched alkanes of at least 4 members (excludes halogenated alkanes) is 1. The van der Waals surface area contributed by atoms with E-state index in [-0.39, 0.29) is 5.91 Å². The standard InChI is InChI=1S/C18H17BrN2OS/c1-2-3-6-12-9-10-15-16(11-12)23-18(20-15)21-17(22)13-7-4-5-8-14(13)19/h4-5,7-11H,2-3,6H2,1H3,(H,20,21,22). The topological polar surface area (TPSA) is 42.0 Å². The van der Waals surface area contributed by atoms with E-state index in [1.54, 1.807) is 6.07 Å². The first kappa shape index (κ1) is 16.1. The Kier molecular flexibility index (Phi) is 5.08. The Morgan fingerprint density at radius 2 is 2.09 bits per heavy atom. The summed E-state index contributed by atoms with van der Waals surface area (Å²) in [6, 6.07) is 13.7. The van der Waals surface area contributed by atoms with Crippen LogP contribution in [0.4, 0.5) is 5.13 Å². The monoisotopic (exact) mass is 388 g/mol. The van der Waals surface area contributed by atoms with Crippen molar-refractivity contribution >= 4 is 48.5 Å². The molecule has 1 heterocycles. The quantitative estimate of drug-likeness (QED) is 0.612. The number of hydrogen-bond donors (Lipinski definition) is 1. The van der Waals surface area contributed by atoms with E-state index >= 15 is 0 Å². The zero-order chi connectivity index (χ0) is 16.2. The van der Waals surface area contributed by atoms with E-state index in [0.29, 0.717) is 10.7 Å². The number of rotatable bonds is 5. The molecule has 0 aliphatic heterocycles. The van der Waals surface area contributed by atoms with Gasteiger partial charge in [0.2, 0.25) is 0 Å². The van der Waals surface area contributed by atoms with Gasteiger partial charge in [-0.1, -0.05) is 42.9 Å². The van der Waals surface area contributed by atoms with Gasteiger partial charge in [0.15, 0.2) is 5.13 Å². The summed E-state index contributed by atoms with van der Waals surface area (Å²) < 4.78 is 1.89. The lowest BCUT2D eigenvalue weighted by molar-refractivity contribution is 0.102. The highest BCUT2D eigenvalue weighted by Crippen LogP contribution is 2.28. The predicted molar refractivity (Wildman–Crippen MR) is 100 cm³/mol. The van der Waals surface area contributed by atoms with Crippen LogP contribution in [0.5, 0.6) is 0 Å². The van der Waals surface area contributed by atoms with Crippen LogP contribution in [0.15, 0.2) is 46.9 Å². The molecule has 0 saturated heterocycles. The van der Waals surface area contributed by atoms with Crippen LogP contribution in [-0.4, -0.2) is 10.9 Å². The number of aryl methyl sites for hydroxylation is 1. The maximum atomic E-state index is 12.3. The van der Waals surface area contributed by atoms with Crippen LogP contribution in [0.25, 0.3) is 10.2 Å². The third kappa shape index (κ3) is 3.79. The Labute approximate surface area is 147 Å². The second kappa shape index (κ2) is 7.23. The van der Waals surface area contributed by atoms with Gasteiger partial charge in [-0.05, 0) is 58.6 Å². The van der Waals surface area contributed by atoms with E-state index in [1.807, 2.05) is 24.3 Å². The van der Waals surface area contributed by atoms with Crippen molar-refractivity contribution in [2.45, 2.75) is 26.2 Å². The molecule has 1 amide bonds. The molecular formula is C18H17BrN2OS. The first-order valence-electron chi connectivity index (χ1n) is 7.62. The Morgan fingerprint density at radius 3 is 2.87 bits per heavy atom. The maximum Gasteiger partial charge on any atom is 0.258 e. The summed E-state index contributed by atoms with van der Waals surface area (Å²) >= 11 is 4.92. The number of hydrogen-bond acceptors (Lipinski definition) is 3. The number of halogens is 1. The Balaban J connectivity index is 1.80. The van der Waals surface area contributed by atoms with Gasteiger partial charge in [0.1, 0.15) is 0 Å². The van der Waals surface area contributed by atoms with E-state index in [9.17, 15) is 4.79 Å². The van der Waals surface area contributed by atoms with Crippen LogP contribution in [0.3, 0.4) is 0 Å². The van der Waals surface area contributed by atoms with Gasteiger partial charge in [-0.25, -0.2) is 4.98 Å². The zero-order valence-electron chi connectivity index (χ0n) is 12.8. The van der Waals surface area contributed by atoms with E-state index in [2.05, 4.69) is 45.3 Å². The fourth-order valence-corrected chi connectivity index (χ4v) is 3.76. The highest BCUT2D eigenvalue weighted by molar-refractivity contribution is 9.10. The second-order valence-electron chi connectivity index (χ2n) is 5.36. The summed E-state index contributed by atoms with van der Waals surface area (Å²) in [4.78, 5) is 16.8. The zero-order valence-corrected chi connectivity index (χ0v) is 15.2. The molecule has 0 saturated carbocycles. The van der Waals surface area contributed by atoms with Crippen LogP contribution in [0.1, 0.15) is 35.7 Å². The molecular weight excluding hydrogens is 372 g/mol. The van der Waals surface area contributed by atoms with Gasteiger partial charge in [-0.3, -0.25) is 10.1 Å². The van der Waals surface area contributed by atoms with Crippen molar-refractivity contribution in [1.29, 1.82) is 0 Å². The molecule has 0 unspecified atom stereocenters. The van der Waals surface area contributed by atoms with Crippen molar-refractivity contribution in [2.24, 2.45) is 0 Å². The number of amides is 1. The molecule has 23 heavy (non-hydrogen) atoms. The number of anilines is 1. The summed E-state index contributed by atoms with van der Waals surface area (Å²) in [7, 11) is 0. The van der Waals surface area contributed by atoms with E-state index in [0.717, 1.165) is 21.1 Å². The Bertz CT molecular complexity index is 844. The lowest BCUT2D eigenvalue weighted by atomic mass is 10.1. The van der Waals surface area contributed by atoms with Gasteiger partial charge < -0.3 is 0 Å². The Morgan fingerprint density at radius 1 is 1.26 bits per heavy atom. The van der Waals surface area contributed by atoms with Crippen molar-refractivity contribution in [3.05, 3.63) is 58.1 Å². The predicted octanol–water partition coefficient (Wildman–Crippen LogP) is 5.65. The third-order valence-corrected chi connectivity index (χ3v) is 5.24. The molecule has 1 N–H and O–H groups in total. The smallest absolute Gasteiger partial charge is 0.258 e. The van der Waals surface area contributed by atoms with Crippen molar-refractivity contribution in [2.75, 3.05) is 5.32 Å². The molecule has 2 aromatic carbocycles. The number of thiazole rings is 1. The van der Waals surface area contributed by atoms with Crippen molar-refractivity contribution < 1.29 is 4.79 Å². The number of carbonyl (C=O) groups is 1. The fraction of sp³-hybridized carbons (Fsp3) is 0.222. The van der Waals surface area contributed by atoms with E-state index in [1.165, 1.54) is 29.7 Å². The molecule has 0 spiro atoms. The first-order chi connectivity index (χ1) is 11.2. The van der Waals surface area contributed by atoms with Crippen molar-refractivity contribution in [3.8, 4) is 0 Å². The molecule has 3 rings (SSSR count). The van der Waals surface area contributed by atoms with Gasteiger partial charge >= 0.3 is 0 Å². The highest BCUT2D eigenvalue weighted by Gasteiger charge is 2.12. The lowest BCUT2D eigenvalue weighted by Crippen LogP contribution is -2.12. The number of fused-ring (bicyclic) bond motifs is 1. The molecule has 3 aromatic rings. The average Bonchev–Trinajstić information content (AvgIpc) is 2.94. The van der Waals surface area contributed by atoms with Crippen LogP contribution in [0.2, 0.25) is 0 Å². The number of nitrogens with zero attached hydrogens (tertiary/aromatic N) is 1.